The van der Waals surface area contributed by atoms with Gasteiger partial charge in [-0.15, -0.1) is 0 Å². The van der Waals surface area contributed by atoms with Gasteiger partial charge in [0, 0.05) is 39.3 Å². The Bertz CT molecular complexity index is 300. The zero-order valence-corrected chi connectivity index (χ0v) is 12.6. The fourth-order valence-corrected chi connectivity index (χ4v) is 2.90. The van der Waals surface area contributed by atoms with E-state index >= 15 is 0 Å². The predicted octanol–water partition coefficient (Wildman–Crippen LogP) is -0.310. The first-order valence-electron chi connectivity index (χ1n) is 7.47. The lowest BCUT2D eigenvalue weighted by Gasteiger charge is -2.36. The van der Waals surface area contributed by atoms with Crippen LogP contribution in [-0.2, 0) is 4.79 Å². The average molecular weight is 268 g/mol. The fourth-order valence-electron chi connectivity index (χ4n) is 2.90. The summed E-state index contributed by atoms with van der Waals surface area (Å²) in [5.41, 5.74) is 0. The first-order chi connectivity index (χ1) is 9.08. The van der Waals surface area contributed by atoms with Gasteiger partial charge in [0.05, 0.1) is 6.04 Å². The number of carbonyl (C=O) groups is 1. The number of likely N-dealkylation sites (N-methyl/N-ethyl adjacent to an activating group) is 1. The Morgan fingerprint density at radius 3 is 2.47 bits per heavy atom. The molecule has 19 heavy (non-hydrogen) atoms. The second-order valence-electron chi connectivity index (χ2n) is 6.17. The molecule has 110 valence electrons. The van der Waals surface area contributed by atoms with Gasteiger partial charge in [-0.2, -0.15) is 0 Å². The van der Waals surface area contributed by atoms with Crippen molar-refractivity contribution < 1.29 is 4.79 Å². The largest absolute Gasteiger partial charge is 0.339 e. The maximum Gasteiger partial charge on any atom is 0.240 e. The Labute approximate surface area is 116 Å². The van der Waals surface area contributed by atoms with E-state index < -0.39 is 0 Å². The van der Waals surface area contributed by atoms with Crippen LogP contribution in [0, 0.1) is 5.92 Å². The topological polar surface area (TPSA) is 38.8 Å². The van der Waals surface area contributed by atoms with Crippen molar-refractivity contribution in [1.29, 1.82) is 0 Å². The van der Waals surface area contributed by atoms with E-state index in [0.29, 0.717) is 11.8 Å². The van der Waals surface area contributed by atoms with Gasteiger partial charge in [0.25, 0.3) is 0 Å². The molecule has 0 spiro atoms. The summed E-state index contributed by atoms with van der Waals surface area (Å²) in [6.07, 6.45) is 1.12. The van der Waals surface area contributed by atoms with Crippen LogP contribution in [0.25, 0.3) is 0 Å². The van der Waals surface area contributed by atoms with Crippen molar-refractivity contribution in [3.8, 4) is 0 Å². The molecule has 2 aliphatic rings. The number of hydrogen-bond donors (Lipinski definition) is 1. The lowest BCUT2D eigenvalue weighted by atomic mass is 10.0. The molecule has 2 rings (SSSR count). The molecule has 2 atom stereocenters. The molecular weight excluding hydrogens is 240 g/mol. The average Bonchev–Trinajstić information content (AvgIpc) is 2.82. The highest BCUT2D eigenvalue weighted by molar-refractivity contribution is 5.82. The van der Waals surface area contributed by atoms with Gasteiger partial charge in [0.1, 0.15) is 0 Å². The molecule has 0 aliphatic carbocycles. The second kappa shape index (κ2) is 6.68. The number of nitrogens with zero attached hydrogens (tertiary/aromatic N) is 3. The highest BCUT2D eigenvalue weighted by Gasteiger charge is 2.33. The van der Waals surface area contributed by atoms with Crippen LogP contribution in [0.4, 0.5) is 0 Å². The first-order valence-corrected chi connectivity index (χ1v) is 7.47. The van der Waals surface area contributed by atoms with Crippen LogP contribution in [0.3, 0.4) is 0 Å². The van der Waals surface area contributed by atoms with Gasteiger partial charge in [-0.3, -0.25) is 9.69 Å². The molecule has 0 bridgehead atoms. The third kappa shape index (κ3) is 3.91. The number of piperazine rings is 1. The van der Waals surface area contributed by atoms with Gasteiger partial charge >= 0.3 is 0 Å². The molecule has 0 radical (unpaired) electrons. The Morgan fingerprint density at radius 1 is 1.26 bits per heavy atom. The first kappa shape index (κ1) is 14.8. The minimum atomic E-state index is 0.0633. The van der Waals surface area contributed by atoms with Crippen LogP contribution in [-0.4, -0.2) is 86.6 Å². The fraction of sp³-hybridized carbons (Fsp3) is 0.929. The summed E-state index contributed by atoms with van der Waals surface area (Å²) in [7, 11) is 4.21. The smallest absolute Gasteiger partial charge is 0.240 e. The molecule has 0 aromatic carbocycles. The Hall–Kier alpha value is -0.650. The SMILES string of the molecule is CC1CCNC1C(=O)N1CCN(CCN(C)C)CC1. The zero-order valence-electron chi connectivity index (χ0n) is 12.6. The standard InChI is InChI=1S/C14H28N4O/c1-12-4-5-15-13(12)14(19)18-10-8-17(9-11-18)7-6-16(2)3/h12-13,15H,4-11H2,1-3H3. The van der Waals surface area contributed by atoms with Gasteiger partial charge in [0.15, 0.2) is 0 Å². The van der Waals surface area contributed by atoms with Gasteiger partial charge in [-0.25, -0.2) is 0 Å². The minimum absolute atomic E-state index is 0.0633. The summed E-state index contributed by atoms with van der Waals surface area (Å²) in [5, 5.41) is 3.34. The van der Waals surface area contributed by atoms with E-state index in [1.807, 2.05) is 4.90 Å². The summed E-state index contributed by atoms with van der Waals surface area (Å²) >= 11 is 0. The molecule has 1 N–H and O–H groups in total. The van der Waals surface area contributed by atoms with E-state index in [1.165, 1.54) is 0 Å². The summed E-state index contributed by atoms with van der Waals surface area (Å²) in [6, 6.07) is 0.0633. The van der Waals surface area contributed by atoms with E-state index in [9.17, 15) is 4.79 Å². The molecule has 0 saturated carbocycles. The van der Waals surface area contributed by atoms with Gasteiger partial charge in [-0.1, -0.05) is 6.92 Å². The summed E-state index contributed by atoms with van der Waals surface area (Å²) in [6.45, 7) is 9.16. The number of nitrogens with one attached hydrogen (secondary N) is 1. The number of hydrogen-bond acceptors (Lipinski definition) is 4. The summed E-state index contributed by atoms with van der Waals surface area (Å²) < 4.78 is 0. The maximum absolute atomic E-state index is 12.4. The lowest BCUT2D eigenvalue weighted by molar-refractivity contribution is -0.135. The van der Waals surface area contributed by atoms with E-state index in [-0.39, 0.29) is 6.04 Å². The Balaban J connectivity index is 1.75. The highest BCUT2D eigenvalue weighted by atomic mass is 16.2. The van der Waals surface area contributed by atoms with Gasteiger partial charge < -0.3 is 15.1 Å². The van der Waals surface area contributed by atoms with Crippen molar-refractivity contribution in [3.63, 3.8) is 0 Å². The highest BCUT2D eigenvalue weighted by Crippen LogP contribution is 2.17. The van der Waals surface area contributed by atoms with Crippen molar-refractivity contribution in [2.24, 2.45) is 5.92 Å². The molecule has 5 nitrogen and oxygen atoms in total. The Morgan fingerprint density at radius 2 is 1.95 bits per heavy atom. The van der Waals surface area contributed by atoms with E-state index in [2.05, 4.69) is 36.1 Å². The second-order valence-corrected chi connectivity index (χ2v) is 6.17. The zero-order chi connectivity index (χ0) is 13.8. The third-order valence-electron chi connectivity index (χ3n) is 4.35. The van der Waals surface area contributed by atoms with Crippen molar-refractivity contribution in [2.45, 2.75) is 19.4 Å². The molecule has 2 saturated heterocycles. The summed E-state index contributed by atoms with van der Waals surface area (Å²) in [5.74, 6) is 0.802. The predicted molar refractivity (Wildman–Crippen MR) is 77.1 cm³/mol. The maximum atomic E-state index is 12.4. The molecule has 0 aromatic rings. The monoisotopic (exact) mass is 268 g/mol. The van der Waals surface area contributed by atoms with Crippen molar-refractivity contribution >= 4 is 5.91 Å². The Kier molecular flexibility index (Phi) is 5.19. The summed E-state index contributed by atoms with van der Waals surface area (Å²) in [4.78, 5) is 19.1. The van der Waals surface area contributed by atoms with Crippen molar-refractivity contribution in [2.75, 3.05) is 59.9 Å². The van der Waals surface area contributed by atoms with Crippen LogP contribution >= 0.6 is 0 Å². The molecule has 2 fully saturated rings. The van der Waals surface area contributed by atoms with Crippen LogP contribution in [0.1, 0.15) is 13.3 Å². The number of amides is 1. The lowest BCUT2D eigenvalue weighted by Crippen LogP contribution is -2.54. The van der Waals surface area contributed by atoms with Crippen molar-refractivity contribution in [1.82, 2.24) is 20.0 Å². The molecule has 1 amide bonds. The van der Waals surface area contributed by atoms with Crippen LogP contribution in [0.5, 0.6) is 0 Å². The third-order valence-corrected chi connectivity index (χ3v) is 4.35. The van der Waals surface area contributed by atoms with Crippen molar-refractivity contribution in [3.05, 3.63) is 0 Å². The molecule has 2 aliphatic heterocycles. The number of carbonyl (C=O) groups excluding carboxylic acids is 1. The molecule has 2 heterocycles. The van der Waals surface area contributed by atoms with E-state index in [4.69, 9.17) is 0 Å². The normalized spacial score (nSPS) is 29.2. The van der Waals surface area contributed by atoms with Crippen LogP contribution in [0.15, 0.2) is 0 Å². The van der Waals surface area contributed by atoms with Crippen LogP contribution < -0.4 is 5.32 Å². The molecule has 5 heteroatoms. The minimum Gasteiger partial charge on any atom is -0.339 e. The van der Waals surface area contributed by atoms with E-state index in [1.54, 1.807) is 0 Å². The number of rotatable bonds is 4. The molecule has 2 unspecified atom stereocenters. The van der Waals surface area contributed by atoms with E-state index in [0.717, 1.165) is 52.2 Å². The molecule has 0 aromatic heterocycles. The quantitative estimate of drug-likeness (QED) is 0.759. The molecular formula is C14H28N4O. The van der Waals surface area contributed by atoms with Gasteiger partial charge in [-0.05, 0) is 33.0 Å². The van der Waals surface area contributed by atoms with Gasteiger partial charge in [0.2, 0.25) is 5.91 Å². The van der Waals surface area contributed by atoms with Crippen LogP contribution in [0.2, 0.25) is 0 Å².